The van der Waals surface area contributed by atoms with Crippen LogP contribution in [0.3, 0.4) is 0 Å². The number of thioether (sulfide) groups is 1. The van der Waals surface area contributed by atoms with E-state index in [2.05, 4.69) is 11.6 Å². The van der Waals surface area contributed by atoms with E-state index in [-0.39, 0.29) is 5.91 Å². The first-order valence-corrected chi connectivity index (χ1v) is 10.6. The van der Waals surface area contributed by atoms with Gasteiger partial charge < -0.3 is 5.32 Å². The minimum atomic E-state index is 0.120. The molecule has 1 aromatic rings. The molecule has 4 bridgehead atoms. The Hall–Kier alpha value is -0.480. The monoisotopic (exact) mass is 335 g/mol. The lowest BCUT2D eigenvalue weighted by Crippen LogP contribution is -2.47. The van der Waals surface area contributed by atoms with Crippen molar-refractivity contribution in [3.8, 4) is 0 Å². The Morgan fingerprint density at radius 2 is 1.86 bits per heavy atom. The highest BCUT2D eigenvalue weighted by Crippen LogP contribution is 2.61. The van der Waals surface area contributed by atoms with E-state index in [4.69, 9.17) is 0 Å². The predicted molar refractivity (Wildman–Crippen MR) is 93.7 cm³/mol. The Morgan fingerprint density at radius 3 is 2.41 bits per heavy atom. The third-order valence-corrected chi connectivity index (χ3v) is 8.28. The molecule has 4 aliphatic carbocycles. The summed E-state index contributed by atoms with van der Waals surface area (Å²) in [7, 11) is 0. The van der Waals surface area contributed by atoms with Crippen LogP contribution in [-0.4, -0.2) is 18.7 Å². The molecule has 1 heterocycles. The number of carbonyl (C=O) groups excluding carboxylic acids is 1. The molecule has 4 heteroatoms. The summed E-state index contributed by atoms with van der Waals surface area (Å²) in [6.07, 6.45) is 12.1. The maximum atomic E-state index is 12.2. The van der Waals surface area contributed by atoms with Gasteiger partial charge in [-0.2, -0.15) is 0 Å². The average Bonchev–Trinajstić information content (AvgIpc) is 2.94. The van der Waals surface area contributed by atoms with Gasteiger partial charge in [-0.1, -0.05) is 0 Å². The average molecular weight is 336 g/mol. The fraction of sp³-hybridized carbons (Fsp3) is 0.722. The van der Waals surface area contributed by atoms with Crippen molar-refractivity contribution in [2.75, 3.05) is 12.8 Å². The molecule has 0 saturated heterocycles. The highest BCUT2D eigenvalue weighted by atomic mass is 32.2. The van der Waals surface area contributed by atoms with Gasteiger partial charge in [-0.05, 0) is 86.5 Å². The summed E-state index contributed by atoms with van der Waals surface area (Å²) in [6, 6.07) is 4.00. The molecule has 4 aliphatic rings. The molecule has 0 aromatic carbocycles. The van der Waals surface area contributed by atoms with Crippen LogP contribution in [0.25, 0.3) is 0 Å². The van der Waals surface area contributed by atoms with E-state index in [1.165, 1.54) is 49.2 Å². The molecule has 4 saturated carbocycles. The van der Waals surface area contributed by atoms with Crippen molar-refractivity contribution in [1.82, 2.24) is 5.32 Å². The van der Waals surface area contributed by atoms with E-state index in [0.717, 1.165) is 29.2 Å². The third-order valence-electron chi connectivity index (χ3n) is 6.11. The molecular formula is C18H25NOS2. The molecule has 1 aromatic heterocycles. The molecule has 4 fully saturated rings. The van der Waals surface area contributed by atoms with Crippen LogP contribution in [0, 0.1) is 23.2 Å². The summed E-state index contributed by atoms with van der Waals surface area (Å²) in [5, 5.41) is 3.17. The fourth-order valence-corrected chi connectivity index (χ4v) is 7.14. The largest absolute Gasteiger partial charge is 0.351 e. The Balaban J connectivity index is 1.32. The Kier molecular flexibility index (Phi) is 4.02. The van der Waals surface area contributed by atoms with Crippen molar-refractivity contribution < 1.29 is 4.79 Å². The third kappa shape index (κ3) is 2.84. The van der Waals surface area contributed by atoms with E-state index in [0.29, 0.717) is 5.41 Å². The molecule has 120 valence electrons. The zero-order chi connectivity index (χ0) is 15.2. The van der Waals surface area contributed by atoms with Crippen molar-refractivity contribution in [1.29, 1.82) is 0 Å². The normalized spacial score (nSPS) is 35.8. The first-order chi connectivity index (χ1) is 10.7. The number of carbonyl (C=O) groups is 1. The first kappa shape index (κ1) is 15.1. The van der Waals surface area contributed by atoms with Crippen molar-refractivity contribution in [3.05, 3.63) is 17.0 Å². The molecule has 22 heavy (non-hydrogen) atoms. The van der Waals surface area contributed by atoms with E-state index in [9.17, 15) is 4.79 Å². The van der Waals surface area contributed by atoms with Gasteiger partial charge in [0.1, 0.15) is 0 Å². The molecule has 1 N–H and O–H groups in total. The summed E-state index contributed by atoms with van der Waals surface area (Å²) in [4.78, 5) is 13.1. The number of thiophene rings is 1. The summed E-state index contributed by atoms with van der Waals surface area (Å²) in [5.41, 5.74) is 0.571. The van der Waals surface area contributed by atoms with Crippen molar-refractivity contribution in [2.45, 2.75) is 49.2 Å². The summed E-state index contributed by atoms with van der Waals surface area (Å²) in [5.74, 6) is 3.13. The summed E-state index contributed by atoms with van der Waals surface area (Å²) < 4.78 is 1.21. The van der Waals surface area contributed by atoms with E-state index >= 15 is 0 Å². The van der Waals surface area contributed by atoms with Gasteiger partial charge >= 0.3 is 0 Å². The summed E-state index contributed by atoms with van der Waals surface area (Å²) in [6.45, 7) is 0.859. The first-order valence-electron chi connectivity index (χ1n) is 8.58. The van der Waals surface area contributed by atoms with Crippen LogP contribution >= 0.6 is 23.1 Å². The van der Waals surface area contributed by atoms with Gasteiger partial charge in [0.15, 0.2) is 0 Å². The zero-order valence-electron chi connectivity index (χ0n) is 13.3. The van der Waals surface area contributed by atoms with Gasteiger partial charge in [0.05, 0.1) is 9.09 Å². The quantitative estimate of drug-likeness (QED) is 0.783. The van der Waals surface area contributed by atoms with Crippen molar-refractivity contribution in [2.24, 2.45) is 23.2 Å². The molecule has 1 amide bonds. The lowest BCUT2D eigenvalue weighted by Gasteiger charge is -2.57. The number of hydrogen-bond acceptors (Lipinski definition) is 3. The molecule has 2 nitrogen and oxygen atoms in total. The fourth-order valence-electron chi connectivity index (χ4n) is 5.68. The van der Waals surface area contributed by atoms with Gasteiger partial charge in [0.25, 0.3) is 5.91 Å². The minimum absolute atomic E-state index is 0.120. The highest BCUT2D eigenvalue weighted by molar-refractivity contribution is 8.00. The predicted octanol–water partition coefficient (Wildman–Crippen LogP) is 4.81. The highest BCUT2D eigenvalue weighted by Gasteiger charge is 2.50. The van der Waals surface area contributed by atoms with Crippen LogP contribution in [0.5, 0.6) is 0 Å². The van der Waals surface area contributed by atoms with Crippen molar-refractivity contribution >= 4 is 29.0 Å². The van der Waals surface area contributed by atoms with Crippen LogP contribution < -0.4 is 5.32 Å². The van der Waals surface area contributed by atoms with Crippen molar-refractivity contribution in [3.63, 3.8) is 0 Å². The van der Waals surface area contributed by atoms with Crippen LogP contribution in [0.2, 0.25) is 0 Å². The maximum absolute atomic E-state index is 12.2. The van der Waals surface area contributed by atoms with Crippen LogP contribution in [0.1, 0.15) is 54.6 Å². The lowest BCUT2D eigenvalue weighted by molar-refractivity contribution is -0.0564. The number of rotatable bonds is 5. The van der Waals surface area contributed by atoms with Crippen LogP contribution in [0.15, 0.2) is 16.3 Å². The number of amides is 1. The number of hydrogen-bond donors (Lipinski definition) is 1. The van der Waals surface area contributed by atoms with Crippen LogP contribution in [0.4, 0.5) is 0 Å². The van der Waals surface area contributed by atoms with E-state index in [1.807, 2.05) is 12.1 Å². The van der Waals surface area contributed by atoms with Gasteiger partial charge in [-0.15, -0.1) is 23.1 Å². The second-order valence-electron chi connectivity index (χ2n) is 7.75. The Labute approximate surface area is 141 Å². The smallest absolute Gasteiger partial charge is 0.261 e. The standard InChI is InChI=1S/C18H25NOS2/c1-21-16-3-2-15(22-16)17(20)19-5-4-18-9-12-6-13(10-18)8-14(7-12)11-18/h2-3,12-14H,4-11H2,1H3,(H,19,20). The lowest BCUT2D eigenvalue weighted by atomic mass is 9.49. The van der Waals surface area contributed by atoms with Gasteiger partial charge in [0, 0.05) is 6.54 Å². The molecule has 0 spiro atoms. The second-order valence-corrected chi connectivity index (χ2v) is 9.94. The topological polar surface area (TPSA) is 29.1 Å². The second kappa shape index (κ2) is 5.86. The van der Waals surface area contributed by atoms with Gasteiger partial charge in [-0.3, -0.25) is 4.79 Å². The molecule has 5 rings (SSSR count). The Bertz CT molecular complexity index is 530. The summed E-state index contributed by atoms with van der Waals surface area (Å²) >= 11 is 3.31. The van der Waals surface area contributed by atoms with Gasteiger partial charge in [0.2, 0.25) is 0 Å². The molecular weight excluding hydrogens is 310 g/mol. The molecule has 0 radical (unpaired) electrons. The maximum Gasteiger partial charge on any atom is 0.261 e. The molecule has 0 unspecified atom stereocenters. The number of nitrogens with one attached hydrogen (secondary N) is 1. The SMILES string of the molecule is CSc1ccc(C(=O)NCCC23CC4CC(CC(C4)C2)C3)s1. The Morgan fingerprint density at radius 1 is 1.23 bits per heavy atom. The van der Waals surface area contributed by atoms with E-state index in [1.54, 1.807) is 23.1 Å². The molecule has 0 atom stereocenters. The minimum Gasteiger partial charge on any atom is -0.351 e. The molecule has 0 aliphatic heterocycles. The van der Waals surface area contributed by atoms with Gasteiger partial charge in [-0.25, -0.2) is 0 Å². The van der Waals surface area contributed by atoms with E-state index < -0.39 is 0 Å². The zero-order valence-corrected chi connectivity index (χ0v) is 14.9. The van der Waals surface area contributed by atoms with Crippen LogP contribution in [-0.2, 0) is 0 Å².